The zero-order valence-corrected chi connectivity index (χ0v) is 19.7. The van der Waals surface area contributed by atoms with Crippen LogP contribution in [0.2, 0.25) is 0 Å². The summed E-state index contributed by atoms with van der Waals surface area (Å²) in [6.07, 6.45) is 2.72. The molecule has 8 heteroatoms. The smallest absolute Gasteiger partial charge is 0.217 e. The number of halogens is 2. The van der Waals surface area contributed by atoms with Gasteiger partial charge in [-0.1, -0.05) is 18.2 Å². The Labute approximate surface area is 203 Å². The molecule has 0 radical (unpaired) electrons. The molecule has 3 aromatic rings. The number of rotatable bonds is 10. The molecule has 0 bridgehead atoms. The molecule has 1 amide bonds. The number of aliphatic hydroxyl groups is 1. The lowest BCUT2D eigenvalue weighted by Gasteiger charge is -2.27. The lowest BCUT2D eigenvalue weighted by molar-refractivity contribution is -0.120. The summed E-state index contributed by atoms with van der Waals surface area (Å²) in [6.45, 7) is 1.55. The van der Waals surface area contributed by atoms with E-state index in [1.54, 1.807) is 13.3 Å². The number of hydrogen-bond donors (Lipinski definition) is 3. The van der Waals surface area contributed by atoms with Gasteiger partial charge in [0, 0.05) is 42.9 Å². The van der Waals surface area contributed by atoms with Gasteiger partial charge in [-0.2, -0.15) is 0 Å². The van der Waals surface area contributed by atoms with E-state index < -0.39 is 23.8 Å². The average Bonchev–Trinajstić information content (AvgIpc) is 3.63. The number of pyridine rings is 1. The van der Waals surface area contributed by atoms with Gasteiger partial charge in [-0.05, 0) is 60.2 Å². The standard InChI is InChI=1S/C27H29F2N3O3/c1-17(33)32-24(12-18-10-22(28)14-23(29)11-18)25(34)16-31-27(8-9-27)21-5-3-4-19(13-21)20-6-7-26(35-2)30-15-20/h3-7,10-11,13-15,24-25,31,34H,8-9,12,16H2,1-2H3,(H,32,33)/t24-,25-/m0/s1. The van der Waals surface area contributed by atoms with E-state index in [1.165, 1.54) is 19.1 Å². The number of methoxy groups -OCH3 is 1. The highest BCUT2D eigenvalue weighted by molar-refractivity contribution is 5.73. The predicted octanol–water partition coefficient (Wildman–Crippen LogP) is 3.72. The molecule has 1 aliphatic carbocycles. The van der Waals surface area contributed by atoms with Gasteiger partial charge in [-0.25, -0.2) is 13.8 Å². The maximum absolute atomic E-state index is 13.6. The summed E-state index contributed by atoms with van der Waals surface area (Å²) in [5, 5.41) is 17.1. The van der Waals surface area contributed by atoms with Crippen LogP contribution in [0.25, 0.3) is 11.1 Å². The van der Waals surface area contributed by atoms with Crippen LogP contribution in [0.1, 0.15) is 30.9 Å². The molecule has 1 saturated carbocycles. The second-order valence-corrected chi connectivity index (χ2v) is 8.99. The Morgan fingerprint density at radius 1 is 1.11 bits per heavy atom. The van der Waals surface area contributed by atoms with Crippen LogP contribution in [0.15, 0.2) is 60.8 Å². The fraction of sp³-hybridized carbons (Fsp3) is 0.333. The first-order chi connectivity index (χ1) is 16.8. The van der Waals surface area contributed by atoms with E-state index in [4.69, 9.17) is 4.74 Å². The Balaban J connectivity index is 1.45. The highest BCUT2D eigenvalue weighted by Crippen LogP contribution is 2.46. The SMILES string of the molecule is COc1ccc(-c2cccc(C3(NC[C@H](O)[C@H](Cc4cc(F)cc(F)c4)NC(C)=O)CC3)c2)cn1. The van der Waals surface area contributed by atoms with Gasteiger partial charge in [0.15, 0.2) is 0 Å². The van der Waals surface area contributed by atoms with Crippen molar-refractivity contribution in [2.24, 2.45) is 0 Å². The molecule has 35 heavy (non-hydrogen) atoms. The van der Waals surface area contributed by atoms with E-state index in [9.17, 15) is 18.7 Å². The molecule has 1 aromatic heterocycles. The predicted molar refractivity (Wildman–Crippen MR) is 129 cm³/mol. The van der Waals surface area contributed by atoms with Crippen molar-refractivity contribution in [1.82, 2.24) is 15.6 Å². The number of aliphatic hydroxyl groups excluding tert-OH is 1. The molecule has 2 atom stereocenters. The van der Waals surface area contributed by atoms with Crippen molar-refractivity contribution in [3.8, 4) is 17.0 Å². The van der Waals surface area contributed by atoms with E-state index in [-0.39, 0.29) is 24.4 Å². The first-order valence-corrected chi connectivity index (χ1v) is 11.5. The highest BCUT2D eigenvalue weighted by Gasteiger charge is 2.44. The Morgan fingerprint density at radius 3 is 2.46 bits per heavy atom. The van der Waals surface area contributed by atoms with E-state index in [0.29, 0.717) is 11.4 Å². The lowest BCUT2D eigenvalue weighted by Crippen LogP contribution is -2.49. The molecule has 0 unspecified atom stereocenters. The molecular formula is C27H29F2N3O3. The minimum atomic E-state index is -0.961. The number of carbonyl (C=O) groups is 1. The molecule has 1 aliphatic rings. The van der Waals surface area contributed by atoms with Crippen LogP contribution in [0.4, 0.5) is 8.78 Å². The van der Waals surface area contributed by atoms with Crippen molar-refractivity contribution in [3.05, 3.63) is 83.6 Å². The van der Waals surface area contributed by atoms with Gasteiger partial charge < -0.3 is 20.5 Å². The number of ether oxygens (including phenoxy) is 1. The van der Waals surface area contributed by atoms with E-state index in [2.05, 4.69) is 21.7 Å². The van der Waals surface area contributed by atoms with Gasteiger partial charge in [0.1, 0.15) is 11.6 Å². The highest BCUT2D eigenvalue weighted by atomic mass is 19.1. The first kappa shape index (κ1) is 24.8. The number of hydrogen-bond acceptors (Lipinski definition) is 5. The molecular weight excluding hydrogens is 452 g/mol. The quantitative estimate of drug-likeness (QED) is 0.411. The van der Waals surface area contributed by atoms with Crippen LogP contribution in [0, 0.1) is 11.6 Å². The number of aromatic nitrogens is 1. The fourth-order valence-electron chi connectivity index (χ4n) is 4.33. The molecule has 1 fully saturated rings. The maximum atomic E-state index is 13.6. The minimum absolute atomic E-state index is 0.101. The zero-order chi connectivity index (χ0) is 25.0. The van der Waals surface area contributed by atoms with E-state index >= 15 is 0 Å². The molecule has 0 aliphatic heterocycles. The van der Waals surface area contributed by atoms with Crippen molar-refractivity contribution >= 4 is 5.91 Å². The van der Waals surface area contributed by atoms with Crippen molar-refractivity contribution in [1.29, 1.82) is 0 Å². The second kappa shape index (κ2) is 10.5. The van der Waals surface area contributed by atoms with Gasteiger partial charge in [-0.3, -0.25) is 4.79 Å². The van der Waals surface area contributed by atoms with E-state index in [0.717, 1.165) is 35.6 Å². The topological polar surface area (TPSA) is 83.5 Å². The molecule has 1 heterocycles. The molecule has 2 aromatic carbocycles. The minimum Gasteiger partial charge on any atom is -0.481 e. The number of amides is 1. The van der Waals surface area contributed by atoms with Crippen molar-refractivity contribution in [3.63, 3.8) is 0 Å². The van der Waals surface area contributed by atoms with Crippen LogP contribution in [0.5, 0.6) is 5.88 Å². The first-order valence-electron chi connectivity index (χ1n) is 11.5. The Hall–Kier alpha value is -3.36. The fourth-order valence-corrected chi connectivity index (χ4v) is 4.33. The molecule has 0 saturated heterocycles. The number of benzene rings is 2. The monoisotopic (exact) mass is 481 g/mol. The maximum Gasteiger partial charge on any atom is 0.217 e. The van der Waals surface area contributed by atoms with Gasteiger partial charge in [0.05, 0.1) is 19.3 Å². The van der Waals surface area contributed by atoms with Crippen molar-refractivity contribution in [2.45, 2.75) is 43.9 Å². The molecule has 184 valence electrons. The molecule has 3 N–H and O–H groups in total. The molecule has 6 nitrogen and oxygen atoms in total. The van der Waals surface area contributed by atoms with Gasteiger partial charge in [-0.15, -0.1) is 0 Å². The van der Waals surface area contributed by atoms with Crippen LogP contribution in [0.3, 0.4) is 0 Å². The number of nitrogens with one attached hydrogen (secondary N) is 2. The normalized spacial score (nSPS) is 15.8. The van der Waals surface area contributed by atoms with Crippen LogP contribution >= 0.6 is 0 Å². The largest absolute Gasteiger partial charge is 0.481 e. The summed E-state index contributed by atoms with van der Waals surface area (Å²) in [5.41, 5.74) is 3.18. The summed E-state index contributed by atoms with van der Waals surface area (Å²) >= 11 is 0. The second-order valence-electron chi connectivity index (χ2n) is 8.99. The Bertz CT molecular complexity index is 1160. The third kappa shape index (κ3) is 6.21. The summed E-state index contributed by atoms with van der Waals surface area (Å²) in [5.74, 6) is -1.17. The van der Waals surface area contributed by atoms with E-state index in [1.807, 2.05) is 30.3 Å². The van der Waals surface area contributed by atoms with Crippen LogP contribution in [-0.2, 0) is 16.8 Å². The average molecular weight is 482 g/mol. The summed E-state index contributed by atoms with van der Waals surface area (Å²) < 4.78 is 32.4. The van der Waals surface area contributed by atoms with Gasteiger partial charge in [0.25, 0.3) is 0 Å². The molecule has 0 spiro atoms. The van der Waals surface area contributed by atoms with Crippen LogP contribution < -0.4 is 15.4 Å². The van der Waals surface area contributed by atoms with Gasteiger partial charge in [0.2, 0.25) is 11.8 Å². The third-order valence-electron chi connectivity index (χ3n) is 6.32. The third-order valence-corrected chi connectivity index (χ3v) is 6.32. The molecule has 4 rings (SSSR count). The zero-order valence-electron chi connectivity index (χ0n) is 19.7. The Morgan fingerprint density at radius 2 is 1.86 bits per heavy atom. The summed E-state index contributed by atoms with van der Waals surface area (Å²) in [4.78, 5) is 16.0. The van der Waals surface area contributed by atoms with Crippen molar-refractivity contribution in [2.75, 3.05) is 13.7 Å². The summed E-state index contributed by atoms with van der Waals surface area (Å²) in [7, 11) is 1.58. The van der Waals surface area contributed by atoms with Gasteiger partial charge >= 0.3 is 0 Å². The Kier molecular flexibility index (Phi) is 7.42. The number of nitrogens with zero attached hydrogens (tertiary/aromatic N) is 1. The summed E-state index contributed by atoms with van der Waals surface area (Å²) in [6, 6.07) is 14.4. The van der Waals surface area contributed by atoms with Crippen molar-refractivity contribution < 1.29 is 23.4 Å². The van der Waals surface area contributed by atoms with Crippen LogP contribution in [-0.4, -0.2) is 41.8 Å². The lowest BCUT2D eigenvalue weighted by atomic mass is 9.97. The number of carbonyl (C=O) groups excluding carboxylic acids is 1.